The number of rotatable bonds is 6. The molecule has 0 aliphatic heterocycles. The van der Waals surface area contributed by atoms with Crippen LogP contribution in [-0.4, -0.2) is 34.6 Å². The van der Waals surface area contributed by atoms with E-state index in [4.69, 9.17) is 0 Å². The second-order valence-corrected chi connectivity index (χ2v) is 5.18. The van der Waals surface area contributed by atoms with Crippen LogP contribution in [0.5, 0.6) is 0 Å². The molecule has 0 saturated heterocycles. The van der Waals surface area contributed by atoms with Crippen molar-refractivity contribution in [1.82, 2.24) is 4.90 Å². The van der Waals surface area contributed by atoms with E-state index in [1.165, 1.54) is 12.8 Å². The minimum absolute atomic E-state index is 0.569. The molecule has 0 atom stereocenters. The lowest BCUT2D eigenvalue weighted by Gasteiger charge is -2.39. The van der Waals surface area contributed by atoms with E-state index in [1.54, 1.807) is 0 Å². The third-order valence-corrected chi connectivity index (χ3v) is 4.10. The predicted octanol–water partition coefficient (Wildman–Crippen LogP) is 3.29. The van der Waals surface area contributed by atoms with Crippen molar-refractivity contribution in [2.75, 3.05) is 13.1 Å². The molecule has 1 rings (SSSR count). The van der Waals surface area contributed by atoms with Crippen molar-refractivity contribution >= 4 is 5.97 Å². The fraction of sp³-hybridized carbons (Fsp3) is 0.929. The Balaban J connectivity index is 2.82. The van der Waals surface area contributed by atoms with E-state index in [0.717, 1.165) is 51.6 Å². The van der Waals surface area contributed by atoms with Crippen molar-refractivity contribution in [3.8, 4) is 0 Å². The van der Waals surface area contributed by atoms with Crippen molar-refractivity contribution in [3.05, 3.63) is 0 Å². The topological polar surface area (TPSA) is 40.5 Å². The Morgan fingerprint density at radius 3 is 2.18 bits per heavy atom. The highest BCUT2D eigenvalue weighted by Crippen LogP contribution is 2.33. The van der Waals surface area contributed by atoms with Crippen LogP contribution in [0.3, 0.4) is 0 Å². The molecule has 0 spiro atoms. The minimum atomic E-state index is -0.600. The molecule has 3 nitrogen and oxygen atoms in total. The van der Waals surface area contributed by atoms with Gasteiger partial charge in [-0.25, -0.2) is 0 Å². The normalized spacial score (nSPS) is 20.2. The van der Waals surface area contributed by atoms with Crippen molar-refractivity contribution in [2.45, 2.75) is 70.8 Å². The molecule has 0 amide bonds. The van der Waals surface area contributed by atoms with Crippen LogP contribution < -0.4 is 0 Å². The number of carboxylic acids is 1. The molecular weight excluding hydrogens is 214 g/mol. The molecule has 100 valence electrons. The summed E-state index contributed by atoms with van der Waals surface area (Å²) in [5.74, 6) is -0.600. The van der Waals surface area contributed by atoms with Gasteiger partial charge in [-0.05, 0) is 32.4 Å². The SMILES string of the molecule is CCCCN(CC)C1(C(=O)O)CCCCCC1. The number of carboxylic acid groups (broad SMARTS) is 1. The number of hydrogen-bond acceptors (Lipinski definition) is 2. The standard InChI is InChI=1S/C14H27NO2/c1-3-5-12-15(4-2)14(13(16)17)10-8-6-7-9-11-14/h3-12H2,1-2H3,(H,16,17). The second-order valence-electron chi connectivity index (χ2n) is 5.18. The molecule has 0 heterocycles. The van der Waals surface area contributed by atoms with E-state index < -0.39 is 11.5 Å². The summed E-state index contributed by atoms with van der Waals surface area (Å²) >= 11 is 0. The highest BCUT2D eigenvalue weighted by atomic mass is 16.4. The average molecular weight is 241 g/mol. The average Bonchev–Trinajstić information content (AvgIpc) is 2.57. The molecule has 1 saturated carbocycles. The van der Waals surface area contributed by atoms with Gasteiger partial charge in [0.05, 0.1) is 0 Å². The maximum absolute atomic E-state index is 11.8. The first kappa shape index (κ1) is 14.5. The van der Waals surface area contributed by atoms with Gasteiger partial charge in [0.15, 0.2) is 0 Å². The van der Waals surface area contributed by atoms with Gasteiger partial charge in [-0.3, -0.25) is 9.69 Å². The molecule has 0 unspecified atom stereocenters. The third kappa shape index (κ3) is 3.44. The highest BCUT2D eigenvalue weighted by molar-refractivity contribution is 5.78. The molecule has 1 fully saturated rings. The Morgan fingerprint density at radius 1 is 1.18 bits per heavy atom. The zero-order chi connectivity index (χ0) is 12.7. The lowest BCUT2D eigenvalue weighted by atomic mass is 9.87. The highest BCUT2D eigenvalue weighted by Gasteiger charge is 2.42. The molecule has 3 heteroatoms. The molecular formula is C14H27NO2. The monoisotopic (exact) mass is 241 g/mol. The van der Waals surface area contributed by atoms with E-state index in [-0.39, 0.29) is 0 Å². The molecule has 17 heavy (non-hydrogen) atoms. The number of nitrogens with zero attached hydrogens (tertiary/aromatic N) is 1. The number of likely N-dealkylation sites (N-methyl/N-ethyl adjacent to an activating group) is 1. The first-order valence-corrected chi connectivity index (χ1v) is 7.16. The number of hydrogen-bond donors (Lipinski definition) is 1. The molecule has 0 bridgehead atoms. The summed E-state index contributed by atoms with van der Waals surface area (Å²) in [5, 5.41) is 9.67. The van der Waals surface area contributed by atoms with Crippen molar-refractivity contribution in [2.24, 2.45) is 0 Å². The Morgan fingerprint density at radius 2 is 1.76 bits per heavy atom. The largest absolute Gasteiger partial charge is 0.480 e. The summed E-state index contributed by atoms with van der Waals surface area (Å²) in [5.41, 5.74) is -0.569. The van der Waals surface area contributed by atoms with Crippen LogP contribution in [0.1, 0.15) is 65.2 Å². The summed E-state index contributed by atoms with van der Waals surface area (Å²) in [7, 11) is 0. The van der Waals surface area contributed by atoms with Gasteiger partial charge in [0, 0.05) is 0 Å². The number of aliphatic carboxylic acids is 1. The van der Waals surface area contributed by atoms with E-state index in [1.807, 2.05) is 0 Å². The zero-order valence-electron chi connectivity index (χ0n) is 11.4. The molecule has 0 radical (unpaired) electrons. The lowest BCUT2D eigenvalue weighted by Crippen LogP contribution is -2.54. The number of unbranched alkanes of at least 4 members (excludes halogenated alkanes) is 1. The van der Waals surface area contributed by atoms with E-state index in [9.17, 15) is 9.90 Å². The fourth-order valence-electron chi connectivity index (χ4n) is 3.00. The molecule has 0 aromatic rings. The van der Waals surface area contributed by atoms with Crippen LogP contribution in [0.2, 0.25) is 0 Å². The van der Waals surface area contributed by atoms with E-state index in [0.29, 0.717) is 0 Å². The Kier molecular flexibility index (Phi) is 5.96. The predicted molar refractivity (Wildman–Crippen MR) is 70.2 cm³/mol. The summed E-state index contributed by atoms with van der Waals surface area (Å²) < 4.78 is 0. The molecule has 1 N–H and O–H groups in total. The van der Waals surface area contributed by atoms with Crippen LogP contribution in [0.25, 0.3) is 0 Å². The van der Waals surface area contributed by atoms with Gasteiger partial charge in [0.25, 0.3) is 0 Å². The number of carbonyl (C=O) groups is 1. The Bertz CT molecular complexity index is 232. The summed E-state index contributed by atoms with van der Waals surface area (Å²) in [6.45, 7) is 6.03. The first-order chi connectivity index (χ1) is 8.17. The molecule has 1 aliphatic carbocycles. The van der Waals surface area contributed by atoms with Crippen LogP contribution in [0.15, 0.2) is 0 Å². The molecule has 0 aromatic carbocycles. The van der Waals surface area contributed by atoms with Crippen molar-refractivity contribution in [3.63, 3.8) is 0 Å². The molecule has 1 aliphatic rings. The van der Waals surface area contributed by atoms with Gasteiger partial charge in [0.1, 0.15) is 5.54 Å². The summed E-state index contributed by atoms with van der Waals surface area (Å²) in [4.78, 5) is 14.0. The second kappa shape index (κ2) is 7.00. The molecule has 0 aromatic heterocycles. The van der Waals surface area contributed by atoms with Crippen LogP contribution in [0, 0.1) is 0 Å². The smallest absolute Gasteiger partial charge is 0.324 e. The van der Waals surface area contributed by atoms with Gasteiger partial charge < -0.3 is 5.11 Å². The maximum atomic E-state index is 11.8. The van der Waals surface area contributed by atoms with Gasteiger partial charge in [-0.1, -0.05) is 46.0 Å². The van der Waals surface area contributed by atoms with Crippen LogP contribution in [0.4, 0.5) is 0 Å². The summed E-state index contributed by atoms with van der Waals surface area (Å²) in [6.07, 6.45) is 8.42. The summed E-state index contributed by atoms with van der Waals surface area (Å²) in [6, 6.07) is 0. The Labute approximate surface area is 105 Å². The van der Waals surface area contributed by atoms with Gasteiger partial charge in [-0.2, -0.15) is 0 Å². The van der Waals surface area contributed by atoms with E-state index in [2.05, 4.69) is 18.7 Å². The zero-order valence-corrected chi connectivity index (χ0v) is 11.4. The quantitative estimate of drug-likeness (QED) is 0.725. The minimum Gasteiger partial charge on any atom is -0.480 e. The van der Waals surface area contributed by atoms with Crippen LogP contribution >= 0.6 is 0 Å². The third-order valence-electron chi connectivity index (χ3n) is 4.10. The lowest BCUT2D eigenvalue weighted by molar-refractivity contribution is -0.153. The van der Waals surface area contributed by atoms with Gasteiger partial charge >= 0.3 is 5.97 Å². The van der Waals surface area contributed by atoms with Crippen molar-refractivity contribution < 1.29 is 9.90 Å². The van der Waals surface area contributed by atoms with Crippen molar-refractivity contribution in [1.29, 1.82) is 0 Å². The fourth-order valence-corrected chi connectivity index (χ4v) is 3.00. The van der Waals surface area contributed by atoms with E-state index >= 15 is 0 Å². The maximum Gasteiger partial charge on any atom is 0.324 e. The van der Waals surface area contributed by atoms with Gasteiger partial charge in [0.2, 0.25) is 0 Å². The van der Waals surface area contributed by atoms with Gasteiger partial charge in [-0.15, -0.1) is 0 Å². The Hall–Kier alpha value is -0.570. The van der Waals surface area contributed by atoms with Crippen LogP contribution in [-0.2, 0) is 4.79 Å². The first-order valence-electron chi connectivity index (χ1n) is 7.16.